The van der Waals surface area contributed by atoms with Gasteiger partial charge in [0.25, 0.3) is 0 Å². The molecule has 1 aliphatic carbocycles. The predicted molar refractivity (Wildman–Crippen MR) is 117 cm³/mol. The lowest BCUT2D eigenvalue weighted by Gasteiger charge is -2.21. The summed E-state index contributed by atoms with van der Waals surface area (Å²) in [4.78, 5) is 25.9. The van der Waals surface area contributed by atoms with Gasteiger partial charge in [0.2, 0.25) is 0 Å². The summed E-state index contributed by atoms with van der Waals surface area (Å²) in [6.45, 7) is 1.97. The molecule has 29 heavy (non-hydrogen) atoms. The van der Waals surface area contributed by atoms with Crippen LogP contribution in [0.15, 0.2) is 60.7 Å². The molecule has 144 valence electrons. The second-order valence-corrected chi connectivity index (χ2v) is 7.12. The van der Waals surface area contributed by atoms with Crippen LogP contribution in [0.4, 0.5) is 11.4 Å². The number of ketones is 2. The number of carbonyl (C=O) groups is 2. The molecule has 0 bridgehead atoms. The van der Waals surface area contributed by atoms with E-state index in [2.05, 4.69) is 10.6 Å². The van der Waals surface area contributed by atoms with Crippen LogP contribution in [0.2, 0.25) is 0 Å². The van der Waals surface area contributed by atoms with Gasteiger partial charge in [-0.3, -0.25) is 9.59 Å². The molecule has 5 nitrogen and oxygen atoms in total. The van der Waals surface area contributed by atoms with E-state index in [4.69, 9.17) is 17.0 Å². The molecule has 0 radical (unpaired) electrons. The molecule has 2 N–H and O–H groups in total. The number of methoxy groups -OCH3 is 1. The second-order valence-electron chi connectivity index (χ2n) is 6.71. The number of thiocarbonyl (C=S) groups is 1. The average Bonchev–Trinajstić information content (AvgIpc) is 2.72. The van der Waals surface area contributed by atoms with E-state index in [1.807, 2.05) is 25.1 Å². The molecule has 1 aliphatic rings. The first kappa shape index (κ1) is 18.8. The summed E-state index contributed by atoms with van der Waals surface area (Å²) in [7, 11) is 1.58. The molecule has 4 rings (SSSR count). The number of rotatable bonds is 3. The topological polar surface area (TPSA) is 67.4 Å². The highest BCUT2D eigenvalue weighted by Gasteiger charge is 2.31. The summed E-state index contributed by atoms with van der Waals surface area (Å²) in [5.74, 6) is 0.280. The molecule has 0 spiro atoms. The normalized spacial score (nSPS) is 12.1. The van der Waals surface area contributed by atoms with Crippen molar-refractivity contribution in [2.24, 2.45) is 0 Å². The number of fused-ring (bicyclic) bond motifs is 2. The van der Waals surface area contributed by atoms with E-state index in [9.17, 15) is 9.59 Å². The lowest BCUT2D eigenvalue weighted by atomic mass is 9.83. The minimum Gasteiger partial charge on any atom is -0.495 e. The average molecular weight is 402 g/mol. The predicted octanol–water partition coefficient (Wildman–Crippen LogP) is 4.59. The Labute approximate surface area is 173 Å². The molecule has 0 atom stereocenters. The lowest BCUT2D eigenvalue weighted by molar-refractivity contribution is 0.0979. The van der Waals surface area contributed by atoms with Crippen LogP contribution in [0.5, 0.6) is 5.75 Å². The Hall–Kier alpha value is -3.51. The third kappa shape index (κ3) is 3.39. The molecule has 0 heterocycles. The minimum atomic E-state index is -0.200. The summed E-state index contributed by atoms with van der Waals surface area (Å²) in [6, 6.07) is 17.7. The highest BCUT2D eigenvalue weighted by molar-refractivity contribution is 7.80. The van der Waals surface area contributed by atoms with Crippen LogP contribution >= 0.6 is 12.2 Å². The molecule has 3 aromatic rings. The molecule has 0 aliphatic heterocycles. The third-order valence-corrected chi connectivity index (χ3v) is 5.01. The van der Waals surface area contributed by atoms with E-state index in [1.54, 1.807) is 49.6 Å². The first-order chi connectivity index (χ1) is 14.0. The van der Waals surface area contributed by atoms with Crippen molar-refractivity contribution in [3.63, 3.8) is 0 Å². The fourth-order valence-corrected chi connectivity index (χ4v) is 3.66. The van der Waals surface area contributed by atoms with Gasteiger partial charge >= 0.3 is 0 Å². The maximum Gasteiger partial charge on any atom is 0.196 e. The largest absolute Gasteiger partial charge is 0.495 e. The van der Waals surface area contributed by atoms with Crippen molar-refractivity contribution in [3.05, 3.63) is 88.5 Å². The number of hydrogen-bond acceptors (Lipinski definition) is 4. The van der Waals surface area contributed by atoms with Gasteiger partial charge in [-0.15, -0.1) is 0 Å². The SMILES string of the molecule is COc1ccc(C)cc1NC(=S)Nc1cccc2c1C(=O)c1ccccc1C2=O. The van der Waals surface area contributed by atoms with Crippen LogP contribution in [0, 0.1) is 6.92 Å². The Morgan fingerprint density at radius 2 is 1.48 bits per heavy atom. The Bertz CT molecular complexity index is 1170. The smallest absolute Gasteiger partial charge is 0.196 e. The Morgan fingerprint density at radius 3 is 2.21 bits per heavy atom. The van der Waals surface area contributed by atoms with E-state index in [0.717, 1.165) is 5.56 Å². The van der Waals surface area contributed by atoms with E-state index in [-0.39, 0.29) is 11.6 Å². The van der Waals surface area contributed by atoms with Gasteiger partial charge in [-0.2, -0.15) is 0 Å². The number of hydrogen-bond donors (Lipinski definition) is 2. The molecule has 6 heteroatoms. The van der Waals surface area contributed by atoms with Crippen molar-refractivity contribution >= 4 is 40.3 Å². The highest BCUT2D eigenvalue weighted by Crippen LogP contribution is 2.32. The Morgan fingerprint density at radius 1 is 0.828 bits per heavy atom. The zero-order chi connectivity index (χ0) is 20.5. The zero-order valence-corrected chi connectivity index (χ0v) is 16.7. The number of carbonyl (C=O) groups excluding carboxylic acids is 2. The monoisotopic (exact) mass is 402 g/mol. The van der Waals surface area contributed by atoms with Gasteiger partial charge in [0.05, 0.1) is 24.0 Å². The summed E-state index contributed by atoms with van der Waals surface area (Å²) >= 11 is 5.45. The van der Waals surface area contributed by atoms with Gasteiger partial charge in [0.1, 0.15) is 5.75 Å². The standard InChI is InChI=1S/C23H18N2O3S/c1-13-10-11-19(28-2)18(12-13)25-23(29)24-17-9-5-8-16-20(17)22(27)15-7-4-3-6-14(15)21(16)26/h3-12H,1-2H3,(H2,24,25,29). The van der Waals surface area contributed by atoms with Crippen LogP contribution in [-0.2, 0) is 0 Å². The van der Waals surface area contributed by atoms with Crippen molar-refractivity contribution in [1.29, 1.82) is 0 Å². The van der Waals surface area contributed by atoms with Crippen molar-refractivity contribution in [3.8, 4) is 5.75 Å². The maximum atomic E-state index is 13.1. The fraction of sp³-hybridized carbons (Fsp3) is 0.0870. The first-order valence-corrected chi connectivity index (χ1v) is 9.44. The van der Waals surface area contributed by atoms with Gasteiger partial charge in [0.15, 0.2) is 16.7 Å². The molecule has 0 fully saturated rings. The van der Waals surface area contributed by atoms with Gasteiger partial charge in [-0.1, -0.05) is 42.5 Å². The summed E-state index contributed by atoms with van der Waals surface area (Å²) in [6.07, 6.45) is 0. The molecule has 3 aromatic carbocycles. The van der Waals surface area contributed by atoms with Crippen LogP contribution in [0.25, 0.3) is 0 Å². The number of nitrogens with one attached hydrogen (secondary N) is 2. The van der Waals surface area contributed by atoms with Crippen LogP contribution in [0.1, 0.15) is 37.4 Å². The maximum absolute atomic E-state index is 13.1. The molecule has 0 saturated carbocycles. The van der Waals surface area contributed by atoms with Gasteiger partial charge < -0.3 is 15.4 Å². The molecule has 0 saturated heterocycles. The van der Waals surface area contributed by atoms with Crippen LogP contribution in [0.3, 0.4) is 0 Å². The summed E-state index contributed by atoms with van der Waals surface area (Å²) < 4.78 is 5.36. The van der Waals surface area contributed by atoms with Crippen molar-refractivity contribution in [2.75, 3.05) is 17.7 Å². The zero-order valence-electron chi connectivity index (χ0n) is 15.9. The van der Waals surface area contributed by atoms with Crippen molar-refractivity contribution in [1.82, 2.24) is 0 Å². The van der Waals surface area contributed by atoms with Crippen molar-refractivity contribution in [2.45, 2.75) is 6.92 Å². The second kappa shape index (κ2) is 7.48. The quantitative estimate of drug-likeness (QED) is 0.489. The number of benzene rings is 3. The molecule has 0 unspecified atom stereocenters. The molecular formula is C23H18N2O3S. The fourth-order valence-electron chi connectivity index (χ4n) is 3.44. The third-order valence-electron chi connectivity index (χ3n) is 4.80. The van der Waals surface area contributed by atoms with E-state index in [1.165, 1.54) is 0 Å². The Kier molecular flexibility index (Phi) is 4.86. The summed E-state index contributed by atoms with van der Waals surface area (Å²) in [5, 5.41) is 6.46. The van der Waals surface area contributed by atoms with Gasteiger partial charge in [-0.25, -0.2) is 0 Å². The lowest BCUT2D eigenvalue weighted by Crippen LogP contribution is -2.25. The van der Waals surface area contributed by atoms with Gasteiger partial charge in [0, 0.05) is 16.7 Å². The minimum absolute atomic E-state index is 0.168. The number of ether oxygens (including phenoxy) is 1. The van der Waals surface area contributed by atoms with Crippen molar-refractivity contribution < 1.29 is 14.3 Å². The van der Waals surface area contributed by atoms with E-state index < -0.39 is 0 Å². The van der Waals surface area contributed by atoms with Gasteiger partial charge in [-0.05, 0) is 42.9 Å². The van der Waals surface area contributed by atoms with Crippen LogP contribution < -0.4 is 15.4 Å². The number of anilines is 2. The van der Waals surface area contributed by atoms with E-state index in [0.29, 0.717) is 44.5 Å². The first-order valence-electron chi connectivity index (χ1n) is 9.03. The molecule has 0 aromatic heterocycles. The molecular weight excluding hydrogens is 384 g/mol. The highest BCUT2D eigenvalue weighted by atomic mass is 32.1. The van der Waals surface area contributed by atoms with Crippen LogP contribution in [-0.4, -0.2) is 23.8 Å². The van der Waals surface area contributed by atoms with E-state index >= 15 is 0 Å². The Balaban J connectivity index is 1.66. The summed E-state index contributed by atoms with van der Waals surface area (Å²) in [5.41, 5.74) is 3.77. The molecule has 0 amide bonds. The number of aryl methyl sites for hydroxylation is 1.